The van der Waals surface area contributed by atoms with Crippen LogP contribution in [-0.2, 0) is 28.5 Å². The highest BCUT2D eigenvalue weighted by atomic mass is 19.2. The molecule has 0 unspecified atom stereocenters. The zero-order valence-electron chi connectivity index (χ0n) is 20.5. The van der Waals surface area contributed by atoms with Gasteiger partial charge < -0.3 is 23.7 Å². The first-order chi connectivity index (χ1) is 17.9. The number of rotatable bonds is 13. The Morgan fingerprint density at radius 1 is 0.865 bits per heavy atom. The second-order valence-electron chi connectivity index (χ2n) is 8.31. The molecule has 0 spiro atoms. The lowest BCUT2D eigenvalue weighted by Gasteiger charge is -2.29. The van der Waals surface area contributed by atoms with Gasteiger partial charge in [-0.25, -0.2) is 14.0 Å². The molecule has 9 heteroatoms. The molecule has 1 aliphatic rings. The fourth-order valence-corrected chi connectivity index (χ4v) is 3.66. The van der Waals surface area contributed by atoms with Crippen LogP contribution in [0.5, 0.6) is 5.75 Å². The van der Waals surface area contributed by atoms with Gasteiger partial charge in [-0.2, -0.15) is 4.39 Å². The van der Waals surface area contributed by atoms with Crippen LogP contribution in [0.2, 0.25) is 0 Å². The van der Waals surface area contributed by atoms with Gasteiger partial charge in [0.25, 0.3) is 0 Å². The van der Waals surface area contributed by atoms with Crippen LogP contribution in [-0.4, -0.2) is 45.0 Å². The van der Waals surface area contributed by atoms with Crippen molar-refractivity contribution < 1.29 is 42.1 Å². The van der Waals surface area contributed by atoms with E-state index in [9.17, 15) is 18.4 Å². The van der Waals surface area contributed by atoms with E-state index in [1.165, 1.54) is 12.1 Å². The van der Waals surface area contributed by atoms with Crippen molar-refractivity contribution in [2.75, 3.05) is 33.0 Å². The maximum absolute atomic E-state index is 14.7. The number of benzene rings is 2. The lowest BCUT2D eigenvalue weighted by atomic mass is 10.0. The van der Waals surface area contributed by atoms with Crippen LogP contribution in [0.1, 0.15) is 31.1 Å². The molecular weight excluding hydrogens is 486 g/mol. The second kappa shape index (κ2) is 14.2. The minimum atomic E-state index is -1.09. The lowest BCUT2D eigenvalue weighted by Crippen LogP contribution is -2.27. The summed E-state index contributed by atoms with van der Waals surface area (Å²) in [4.78, 5) is 22.1. The molecule has 0 amide bonds. The van der Waals surface area contributed by atoms with E-state index < -0.39 is 29.9 Å². The van der Waals surface area contributed by atoms with Gasteiger partial charge in [0.05, 0.1) is 33.0 Å². The van der Waals surface area contributed by atoms with Gasteiger partial charge >= 0.3 is 11.9 Å². The Morgan fingerprint density at radius 3 is 2.11 bits per heavy atom. The number of ether oxygens (including phenoxy) is 5. The van der Waals surface area contributed by atoms with Crippen molar-refractivity contribution >= 4 is 11.9 Å². The minimum Gasteiger partial charge on any atom is -0.490 e. The summed E-state index contributed by atoms with van der Waals surface area (Å²) in [6.45, 7) is 8.10. The highest BCUT2D eigenvalue weighted by molar-refractivity contribution is 5.81. The van der Waals surface area contributed by atoms with Gasteiger partial charge in [0, 0.05) is 35.6 Å². The predicted molar refractivity (Wildman–Crippen MR) is 132 cm³/mol. The van der Waals surface area contributed by atoms with E-state index in [1.807, 2.05) is 0 Å². The van der Waals surface area contributed by atoms with E-state index in [4.69, 9.17) is 23.7 Å². The Labute approximate surface area is 214 Å². The molecule has 0 aliphatic carbocycles. The predicted octanol–water partition coefficient (Wildman–Crippen LogP) is 5.30. The third kappa shape index (κ3) is 8.23. The van der Waals surface area contributed by atoms with E-state index in [0.29, 0.717) is 38.2 Å². The Hall–Kier alpha value is -3.56. The van der Waals surface area contributed by atoms with Gasteiger partial charge in [-0.3, -0.25) is 0 Å². The first-order valence-corrected chi connectivity index (χ1v) is 12.0. The highest BCUT2D eigenvalue weighted by Crippen LogP contribution is 2.32. The maximum Gasteiger partial charge on any atom is 0.330 e. The molecular formula is C28H30F2O7. The molecule has 198 valence electrons. The van der Waals surface area contributed by atoms with Crippen molar-refractivity contribution in [2.45, 2.75) is 25.6 Å². The quantitative estimate of drug-likeness (QED) is 0.203. The van der Waals surface area contributed by atoms with Crippen LogP contribution in [0.25, 0.3) is 11.1 Å². The molecule has 7 nitrogen and oxygen atoms in total. The Bertz CT molecular complexity index is 1080. The molecule has 2 aromatic carbocycles. The summed E-state index contributed by atoms with van der Waals surface area (Å²) in [6.07, 6.45) is 3.45. The topological polar surface area (TPSA) is 80.3 Å². The molecule has 3 rings (SSSR count). The van der Waals surface area contributed by atoms with Crippen LogP contribution in [0.3, 0.4) is 0 Å². The number of hydrogen-bond acceptors (Lipinski definition) is 7. The van der Waals surface area contributed by atoms with Crippen molar-refractivity contribution in [3.63, 3.8) is 0 Å². The van der Waals surface area contributed by atoms with E-state index in [-0.39, 0.29) is 30.4 Å². The molecule has 0 atom stereocenters. The lowest BCUT2D eigenvalue weighted by molar-refractivity contribution is -0.206. The minimum absolute atomic E-state index is 0.0554. The third-order valence-electron chi connectivity index (χ3n) is 5.63. The number of carbonyl (C=O) groups excluding carboxylic acids is 2. The molecule has 0 radical (unpaired) electrons. The first kappa shape index (κ1) is 28.0. The Balaban J connectivity index is 1.49. The van der Waals surface area contributed by atoms with Gasteiger partial charge in [-0.05, 0) is 30.5 Å². The zero-order valence-corrected chi connectivity index (χ0v) is 20.5. The summed E-state index contributed by atoms with van der Waals surface area (Å²) in [5.74, 6) is -3.13. The second-order valence-corrected chi connectivity index (χ2v) is 8.31. The molecule has 0 aromatic heterocycles. The summed E-state index contributed by atoms with van der Waals surface area (Å²) in [5.41, 5.74) is 1.35. The number of carbonyl (C=O) groups is 2. The molecule has 1 aliphatic heterocycles. The summed E-state index contributed by atoms with van der Waals surface area (Å²) >= 11 is 0. The average molecular weight is 517 g/mol. The van der Waals surface area contributed by atoms with Crippen LogP contribution in [0.4, 0.5) is 8.78 Å². The number of halogens is 2. The molecule has 0 saturated carbocycles. The fraction of sp³-hybridized carbons (Fsp3) is 0.357. The normalized spacial score (nSPS) is 17.0. The Kier molecular flexibility index (Phi) is 10.8. The standard InChI is InChI=1S/C28H30F2O7/c1-3-24(31)34-14-5-7-19-17-36-28(37-18-19)21-10-8-20(9-11-21)22-12-13-23(27(30)26(22)29)33-15-6-16-35-25(32)4-2/h3-4,8-13,19,28H,1-2,5-7,14-18H2. The maximum atomic E-state index is 14.7. The van der Waals surface area contributed by atoms with Crippen LogP contribution >= 0.6 is 0 Å². The monoisotopic (exact) mass is 516 g/mol. The van der Waals surface area contributed by atoms with Crippen LogP contribution in [0, 0.1) is 17.6 Å². The van der Waals surface area contributed by atoms with Crippen LogP contribution in [0.15, 0.2) is 61.7 Å². The molecule has 0 N–H and O–H groups in total. The van der Waals surface area contributed by atoms with Gasteiger partial charge in [-0.15, -0.1) is 0 Å². The summed E-state index contributed by atoms with van der Waals surface area (Å²) in [5, 5.41) is 0. The van der Waals surface area contributed by atoms with Crippen molar-refractivity contribution in [2.24, 2.45) is 5.92 Å². The summed E-state index contributed by atoms with van der Waals surface area (Å²) < 4.78 is 56.0. The highest BCUT2D eigenvalue weighted by Gasteiger charge is 2.24. The summed E-state index contributed by atoms with van der Waals surface area (Å²) in [7, 11) is 0. The van der Waals surface area contributed by atoms with E-state index in [0.717, 1.165) is 24.1 Å². The molecule has 0 bridgehead atoms. The number of hydrogen-bond donors (Lipinski definition) is 0. The molecule has 1 saturated heterocycles. The largest absolute Gasteiger partial charge is 0.490 e. The number of esters is 2. The fourth-order valence-electron chi connectivity index (χ4n) is 3.66. The van der Waals surface area contributed by atoms with Gasteiger partial charge in [-0.1, -0.05) is 37.4 Å². The molecule has 2 aromatic rings. The third-order valence-corrected chi connectivity index (χ3v) is 5.63. The van der Waals surface area contributed by atoms with Crippen LogP contribution < -0.4 is 4.74 Å². The van der Waals surface area contributed by atoms with Gasteiger partial charge in [0.2, 0.25) is 5.82 Å². The van der Waals surface area contributed by atoms with E-state index in [1.54, 1.807) is 24.3 Å². The van der Waals surface area contributed by atoms with E-state index >= 15 is 0 Å². The molecule has 37 heavy (non-hydrogen) atoms. The molecule has 1 heterocycles. The molecule has 1 fully saturated rings. The smallest absolute Gasteiger partial charge is 0.330 e. The zero-order chi connectivity index (χ0) is 26.6. The van der Waals surface area contributed by atoms with Crippen molar-refractivity contribution in [3.05, 3.63) is 78.9 Å². The first-order valence-electron chi connectivity index (χ1n) is 12.0. The van der Waals surface area contributed by atoms with Crippen molar-refractivity contribution in [1.82, 2.24) is 0 Å². The summed E-state index contributed by atoms with van der Waals surface area (Å²) in [6, 6.07) is 9.67. The average Bonchev–Trinajstić information content (AvgIpc) is 2.93. The Morgan fingerprint density at radius 2 is 1.49 bits per heavy atom. The van der Waals surface area contributed by atoms with Gasteiger partial charge in [0.1, 0.15) is 0 Å². The van der Waals surface area contributed by atoms with Crippen molar-refractivity contribution in [1.29, 1.82) is 0 Å². The van der Waals surface area contributed by atoms with E-state index in [2.05, 4.69) is 13.2 Å². The van der Waals surface area contributed by atoms with Gasteiger partial charge in [0.15, 0.2) is 17.9 Å². The SMILES string of the molecule is C=CC(=O)OCCCOc1ccc(-c2ccc(C3OCC(CCCOC(=O)C=C)CO3)cc2)c(F)c1F. The van der Waals surface area contributed by atoms with Crippen molar-refractivity contribution in [3.8, 4) is 16.9 Å².